The fourth-order valence-corrected chi connectivity index (χ4v) is 4.67. The highest BCUT2D eigenvalue weighted by atomic mass is 32.2. The van der Waals surface area contributed by atoms with Crippen molar-refractivity contribution >= 4 is 43.9 Å². The van der Waals surface area contributed by atoms with E-state index in [1.807, 2.05) is 0 Å². The van der Waals surface area contributed by atoms with Crippen LogP contribution in [0.2, 0.25) is 0 Å². The van der Waals surface area contributed by atoms with E-state index in [4.69, 9.17) is 0 Å². The second kappa shape index (κ2) is 10.4. The van der Waals surface area contributed by atoms with Crippen LogP contribution in [-0.2, 0) is 16.3 Å². The third kappa shape index (κ3) is 5.60. The summed E-state index contributed by atoms with van der Waals surface area (Å²) in [6.45, 7) is 0. The largest absolute Gasteiger partial charge is 0.506 e. The van der Waals surface area contributed by atoms with E-state index in [0.717, 1.165) is 18.2 Å². The van der Waals surface area contributed by atoms with Gasteiger partial charge in [-0.25, -0.2) is 9.97 Å². The van der Waals surface area contributed by atoms with Gasteiger partial charge in [0.15, 0.2) is 0 Å². The van der Waals surface area contributed by atoms with Gasteiger partial charge in [-0.3, -0.25) is 4.55 Å². The molecule has 40 heavy (non-hydrogen) atoms. The zero-order valence-corrected chi connectivity index (χ0v) is 21.0. The first-order chi connectivity index (χ1) is 19.0. The molecule has 13 heteroatoms. The molecule has 0 saturated heterocycles. The molecule has 3 N–H and O–H groups in total. The van der Waals surface area contributed by atoms with Crippen molar-refractivity contribution in [2.24, 2.45) is 10.2 Å². The molecule has 1 heterocycles. The normalized spacial score (nSPS) is 12.2. The quantitative estimate of drug-likeness (QED) is 0.144. The van der Waals surface area contributed by atoms with E-state index in [-0.39, 0.29) is 22.4 Å². The molecule has 202 valence electrons. The van der Waals surface area contributed by atoms with Crippen LogP contribution < -0.4 is 5.32 Å². The molecule has 9 nitrogen and oxygen atoms in total. The molecule has 5 aromatic rings. The van der Waals surface area contributed by atoms with Crippen LogP contribution in [0.25, 0.3) is 22.0 Å². The van der Waals surface area contributed by atoms with Crippen LogP contribution in [-0.4, -0.2) is 28.0 Å². The van der Waals surface area contributed by atoms with Crippen LogP contribution in [0, 0.1) is 0 Å². The number of phenolic OH excluding ortho intramolecular Hbond substituents is 1. The number of aromatic hydroxyl groups is 1. The Labute approximate surface area is 225 Å². The topological polar surface area (TPSA) is 137 Å². The molecule has 0 atom stereocenters. The Hall–Kier alpha value is -4.88. The molecule has 0 saturated carbocycles. The number of rotatable bonds is 6. The first kappa shape index (κ1) is 26.7. The number of alkyl halides is 3. The number of nitrogens with zero attached hydrogens (tertiary/aromatic N) is 4. The van der Waals surface area contributed by atoms with Crippen molar-refractivity contribution in [3.8, 4) is 17.0 Å². The minimum atomic E-state index is -4.62. The lowest BCUT2D eigenvalue weighted by Crippen LogP contribution is -2.04. The third-order valence-electron chi connectivity index (χ3n) is 5.80. The Morgan fingerprint density at radius 2 is 1.52 bits per heavy atom. The summed E-state index contributed by atoms with van der Waals surface area (Å²) in [6.07, 6.45) is -2.98. The van der Waals surface area contributed by atoms with E-state index in [1.165, 1.54) is 30.5 Å². The van der Waals surface area contributed by atoms with Crippen molar-refractivity contribution in [3.05, 3.63) is 96.7 Å². The van der Waals surface area contributed by atoms with Gasteiger partial charge in [-0.05, 0) is 36.4 Å². The summed E-state index contributed by atoms with van der Waals surface area (Å²) < 4.78 is 71.8. The van der Waals surface area contributed by atoms with E-state index in [2.05, 4.69) is 25.5 Å². The molecule has 0 aliphatic heterocycles. The fourth-order valence-electron chi connectivity index (χ4n) is 3.95. The maximum absolute atomic E-state index is 12.9. The van der Waals surface area contributed by atoms with Gasteiger partial charge in [0.25, 0.3) is 10.1 Å². The van der Waals surface area contributed by atoms with E-state index >= 15 is 0 Å². The first-order valence-corrected chi connectivity index (χ1v) is 13.0. The standard InChI is InChI=1S/C27H18F3N5O4S/c28-27(29,30)16-9-11-17(12-10-16)32-26-31-14-13-21(33-26)20-7-3-4-8-22(20)34-35-25-19-6-2-1-5-18(19)24(15-23(25)36)40(37,38)39/h1-15,36H,(H,31,32,33)(H,37,38,39)/b35-34+. The molecule has 0 spiro atoms. The zero-order valence-electron chi connectivity index (χ0n) is 20.2. The molecule has 0 aliphatic carbocycles. The molecule has 4 aromatic carbocycles. The minimum Gasteiger partial charge on any atom is -0.506 e. The van der Waals surface area contributed by atoms with Crippen LogP contribution in [0.1, 0.15) is 5.56 Å². The van der Waals surface area contributed by atoms with Crippen LogP contribution in [0.5, 0.6) is 5.75 Å². The zero-order chi connectivity index (χ0) is 28.5. The summed E-state index contributed by atoms with van der Waals surface area (Å²) in [7, 11) is -4.62. The number of hydrogen-bond acceptors (Lipinski definition) is 8. The van der Waals surface area contributed by atoms with Crippen molar-refractivity contribution in [2.45, 2.75) is 11.1 Å². The second-order valence-corrected chi connectivity index (χ2v) is 9.84. The second-order valence-electron chi connectivity index (χ2n) is 8.45. The van der Waals surface area contributed by atoms with Crippen LogP contribution in [0.15, 0.2) is 106 Å². The lowest BCUT2D eigenvalue weighted by molar-refractivity contribution is -0.137. The molecular formula is C27H18F3N5O4S. The Kier molecular flexibility index (Phi) is 6.92. The third-order valence-corrected chi connectivity index (χ3v) is 6.69. The van der Waals surface area contributed by atoms with Crippen LogP contribution in [0.4, 0.5) is 36.2 Å². The molecule has 0 aliphatic rings. The molecule has 0 fully saturated rings. The number of fused-ring (bicyclic) bond motifs is 1. The average molecular weight is 566 g/mol. The Balaban J connectivity index is 1.48. The maximum Gasteiger partial charge on any atom is 0.416 e. The Morgan fingerprint density at radius 1 is 0.850 bits per heavy atom. The number of azo groups is 1. The SMILES string of the molecule is O=S(=O)(O)c1cc(O)c(/N=N/c2ccccc2-c2ccnc(Nc3ccc(C(F)(F)F)cc3)n2)c2ccccc12. The summed E-state index contributed by atoms with van der Waals surface area (Å²) in [5.41, 5.74) is 0.874. The van der Waals surface area contributed by atoms with E-state index < -0.39 is 32.5 Å². The molecule has 1 aromatic heterocycles. The number of nitrogens with one attached hydrogen (secondary N) is 1. The van der Waals surface area contributed by atoms with E-state index in [1.54, 1.807) is 42.5 Å². The van der Waals surface area contributed by atoms with Gasteiger partial charge in [-0.2, -0.15) is 21.6 Å². The molecule has 0 radical (unpaired) electrons. The lowest BCUT2D eigenvalue weighted by Gasteiger charge is -2.10. The number of anilines is 2. The van der Waals surface area contributed by atoms with Gasteiger partial charge >= 0.3 is 6.18 Å². The molecular weight excluding hydrogens is 547 g/mol. The minimum absolute atomic E-state index is 0.00912. The van der Waals surface area contributed by atoms with Gasteiger partial charge < -0.3 is 10.4 Å². The number of halogens is 3. The van der Waals surface area contributed by atoms with Crippen LogP contribution in [0.3, 0.4) is 0 Å². The predicted octanol–water partition coefficient (Wildman–Crippen LogP) is 7.43. The summed E-state index contributed by atoms with van der Waals surface area (Å²) in [4.78, 5) is 8.10. The summed E-state index contributed by atoms with van der Waals surface area (Å²) in [5, 5.41) is 22.3. The number of benzene rings is 4. The van der Waals surface area contributed by atoms with Gasteiger partial charge in [-0.1, -0.05) is 42.5 Å². The molecule has 5 rings (SSSR count). The van der Waals surface area contributed by atoms with Crippen molar-refractivity contribution in [1.82, 2.24) is 9.97 Å². The summed E-state index contributed by atoms with van der Waals surface area (Å²) >= 11 is 0. The highest BCUT2D eigenvalue weighted by molar-refractivity contribution is 7.86. The summed E-state index contributed by atoms with van der Waals surface area (Å²) in [6, 6.07) is 20.0. The Morgan fingerprint density at radius 3 is 2.23 bits per heavy atom. The first-order valence-electron chi connectivity index (χ1n) is 11.5. The molecule has 0 unspecified atom stereocenters. The van der Waals surface area contributed by atoms with Crippen molar-refractivity contribution < 1.29 is 31.2 Å². The van der Waals surface area contributed by atoms with Gasteiger partial charge in [0.2, 0.25) is 5.95 Å². The molecule has 0 bridgehead atoms. The highest BCUT2D eigenvalue weighted by Gasteiger charge is 2.30. The smallest absolute Gasteiger partial charge is 0.416 e. The number of aromatic nitrogens is 2. The van der Waals surface area contributed by atoms with Gasteiger partial charge in [0.05, 0.1) is 16.9 Å². The number of phenols is 1. The monoisotopic (exact) mass is 565 g/mol. The van der Waals surface area contributed by atoms with Gasteiger partial charge in [-0.15, -0.1) is 10.2 Å². The van der Waals surface area contributed by atoms with E-state index in [0.29, 0.717) is 22.6 Å². The maximum atomic E-state index is 12.9. The summed E-state index contributed by atoms with van der Waals surface area (Å²) in [5.74, 6) is -0.369. The van der Waals surface area contributed by atoms with Crippen molar-refractivity contribution in [3.63, 3.8) is 0 Å². The number of hydrogen-bond donors (Lipinski definition) is 3. The van der Waals surface area contributed by atoms with Gasteiger partial charge in [0.1, 0.15) is 16.3 Å². The van der Waals surface area contributed by atoms with Crippen LogP contribution >= 0.6 is 0 Å². The van der Waals surface area contributed by atoms with Crippen molar-refractivity contribution in [1.29, 1.82) is 0 Å². The van der Waals surface area contributed by atoms with Crippen molar-refractivity contribution in [2.75, 3.05) is 5.32 Å². The fraction of sp³-hybridized carbons (Fsp3) is 0.0370. The highest BCUT2D eigenvalue weighted by Crippen LogP contribution is 2.41. The van der Waals surface area contributed by atoms with E-state index in [9.17, 15) is 31.2 Å². The van der Waals surface area contributed by atoms with Gasteiger partial charge in [0, 0.05) is 34.3 Å². The Bertz CT molecular complexity index is 1860. The molecule has 0 amide bonds. The predicted molar refractivity (Wildman–Crippen MR) is 142 cm³/mol. The lowest BCUT2D eigenvalue weighted by atomic mass is 10.1. The average Bonchev–Trinajstić information content (AvgIpc) is 2.92.